The van der Waals surface area contributed by atoms with E-state index in [9.17, 15) is 9.59 Å². The van der Waals surface area contributed by atoms with Gasteiger partial charge in [0, 0.05) is 29.0 Å². The van der Waals surface area contributed by atoms with E-state index in [0.29, 0.717) is 37.2 Å². The van der Waals surface area contributed by atoms with Gasteiger partial charge in [0.25, 0.3) is 0 Å². The van der Waals surface area contributed by atoms with Crippen molar-refractivity contribution in [3.05, 3.63) is 52.4 Å². The van der Waals surface area contributed by atoms with Crippen molar-refractivity contribution in [2.24, 2.45) is 0 Å². The van der Waals surface area contributed by atoms with Crippen LogP contribution in [0.15, 0.2) is 46.8 Å². The number of hydrogen-bond acceptors (Lipinski definition) is 5. The van der Waals surface area contributed by atoms with E-state index in [1.165, 1.54) is 0 Å². The van der Waals surface area contributed by atoms with Crippen molar-refractivity contribution in [3.63, 3.8) is 0 Å². The zero-order valence-corrected chi connectivity index (χ0v) is 17.0. The fourth-order valence-corrected chi connectivity index (χ4v) is 4.00. The first-order valence-corrected chi connectivity index (χ1v) is 10.3. The predicted molar refractivity (Wildman–Crippen MR) is 108 cm³/mol. The van der Waals surface area contributed by atoms with E-state index >= 15 is 0 Å². The van der Waals surface area contributed by atoms with Gasteiger partial charge >= 0.3 is 5.97 Å². The average molecular weight is 383 g/mol. The molecule has 1 heterocycles. The molecule has 0 spiro atoms. The fourth-order valence-electron chi connectivity index (χ4n) is 4.00. The van der Waals surface area contributed by atoms with Crippen LogP contribution in [-0.2, 0) is 14.3 Å². The van der Waals surface area contributed by atoms with Crippen LogP contribution in [0.1, 0.15) is 64.4 Å². The molecule has 5 heteroatoms. The van der Waals surface area contributed by atoms with Gasteiger partial charge in [0.2, 0.25) is 0 Å². The molecule has 1 atom stereocenters. The van der Waals surface area contributed by atoms with Crippen molar-refractivity contribution in [2.45, 2.75) is 58.8 Å². The third kappa shape index (κ3) is 3.84. The highest BCUT2D eigenvalue weighted by atomic mass is 16.5. The van der Waals surface area contributed by atoms with Crippen LogP contribution in [0.3, 0.4) is 0 Å². The first-order chi connectivity index (χ1) is 13.6. The number of esters is 1. The van der Waals surface area contributed by atoms with Crippen molar-refractivity contribution in [2.75, 3.05) is 13.2 Å². The van der Waals surface area contributed by atoms with E-state index in [-0.39, 0.29) is 11.8 Å². The van der Waals surface area contributed by atoms with Gasteiger partial charge < -0.3 is 14.8 Å². The Kier molecular flexibility index (Phi) is 6.55. The van der Waals surface area contributed by atoms with Crippen LogP contribution in [0.4, 0.5) is 0 Å². The molecule has 28 heavy (non-hydrogen) atoms. The van der Waals surface area contributed by atoms with Gasteiger partial charge in [-0.2, -0.15) is 0 Å². The van der Waals surface area contributed by atoms with Gasteiger partial charge in [0.05, 0.1) is 24.7 Å². The maximum absolute atomic E-state index is 13.0. The van der Waals surface area contributed by atoms with Crippen LogP contribution in [0.25, 0.3) is 0 Å². The largest absolute Gasteiger partial charge is 0.493 e. The van der Waals surface area contributed by atoms with E-state index in [0.717, 1.165) is 42.0 Å². The lowest BCUT2D eigenvalue weighted by Gasteiger charge is -2.35. The van der Waals surface area contributed by atoms with E-state index in [4.69, 9.17) is 9.47 Å². The molecule has 2 aliphatic rings. The highest BCUT2D eigenvalue weighted by molar-refractivity contribution is 6.04. The molecule has 0 bridgehead atoms. The quantitative estimate of drug-likeness (QED) is 0.707. The molecule has 5 nitrogen and oxygen atoms in total. The number of allylic oxidation sites excluding steroid dienone is 3. The Morgan fingerprint density at radius 1 is 1.18 bits per heavy atom. The van der Waals surface area contributed by atoms with Crippen LogP contribution >= 0.6 is 0 Å². The van der Waals surface area contributed by atoms with Gasteiger partial charge in [0.15, 0.2) is 5.78 Å². The number of benzene rings is 1. The minimum atomic E-state index is -0.453. The molecule has 1 aliphatic heterocycles. The monoisotopic (exact) mass is 383 g/mol. The molecule has 150 valence electrons. The second-order valence-electron chi connectivity index (χ2n) is 7.08. The zero-order chi connectivity index (χ0) is 20.1. The first kappa shape index (κ1) is 20.2. The topological polar surface area (TPSA) is 64.6 Å². The highest BCUT2D eigenvalue weighted by Gasteiger charge is 2.40. The average Bonchev–Trinajstić information content (AvgIpc) is 2.71. The Hall–Kier alpha value is -2.56. The molecule has 1 N–H and O–H groups in total. The Bertz CT molecular complexity index is 822. The van der Waals surface area contributed by atoms with Gasteiger partial charge in [-0.25, -0.2) is 4.79 Å². The van der Waals surface area contributed by atoms with Crippen LogP contribution in [0, 0.1) is 0 Å². The summed E-state index contributed by atoms with van der Waals surface area (Å²) in [5, 5.41) is 3.38. The molecule has 1 aliphatic carbocycles. The Morgan fingerprint density at radius 3 is 2.68 bits per heavy atom. The molecule has 3 rings (SSSR count). The second-order valence-corrected chi connectivity index (χ2v) is 7.08. The van der Waals surface area contributed by atoms with Gasteiger partial charge in [0.1, 0.15) is 5.75 Å². The lowest BCUT2D eigenvalue weighted by Crippen LogP contribution is -2.35. The molecular weight excluding hydrogens is 354 g/mol. The van der Waals surface area contributed by atoms with Crippen molar-refractivity contribution in [1.29, 1.82) is 0 Å². The summed E-state index contributed by atoms with van der Waals surface area (Å²) in [6.45, 7) is 6.73. The molecule has 0 saturated carbocycles. The molecule has 0 fully saturated rings. The number of nitrogens with one attached hydrogen (secondary N) is 1. The SMILES string of the molecule is CCCOc1ccccc1[C@@H]1C2=C(CCCC2=O)NC(CC)=C1C(=O)OCC. The van der Waals surface area contributed by atoms with E-state index in [2.05, 4.69) is 12.2 Å². The summed E-state index contributed by atoms with van der Waals surface area (Å²) in [5.41, 5.74) is 3.86. The number of dihydropyridines is 1. The number of rotatable bonds is 7. The summed E-state index contributed by atoms with van der Waals surface area (Å²) in [5.74, 6) is -0.00195. The Labute approximate surface area is 166 Å². The Morgan fingerprint density at radius 2 is 1.96 bits per heavy atom. The Balaban J connectivity index is 2.19. The maximum Gasteiger partial charge on any atom is 0.336 e. The molecule has 0 amide bonds. The third-order valence-corrected chi connectivity index (χ3v) is 5.20. The van der Waals surface area contributed by atoms with Gasteiger partial charge in [-0.05, 0) is 38.7 Å². The van der Waals surface area contributed by atoms with Crippen molar-refractivity contribution in [3.8, 4) is 5.75 Å². The molecule has 0 unspecified atom stereocenters. The van der Waals surface area contributed by atoms with Crippen molar-refractivity contribution in [1.82, 2.24) is 5.32 Å². The van der Waals surface area contributed by atoms with Crippen molar-refractivity contribution >= 4 is 11.8 Å². The summed E-state index contributed by atoms with van der Waals surface area (Å²) in [6.07, 6.45) is 3.70. The van der Waals surface area contributed by atoms with Gasteiger partial charge in [-0.3, -0.25) is 4.79 Å². The third-order valence-electron chi connectivity index (χ3n) is 5.20. The van der Waals surface area contributed by atoms with Gasteiger partial charge in [-0.15, -0.1) is 0 Å². The summed E-state index contributed by atoms with van der Waals surface area (Å²) in [6, 6.07) is 7.72. The van der Waals surface area contributed by atoms with Gasteiger partial charge in [-0.1, -0.05) is 32.0 Å². The number of ketones is 1. The molecule has 1 aromatic carbocycles. The van der Waals surface area contributed by atoms with E-state index in [1.807, 2.05) is 31.2 Å². The smallest absolute Gasteiger partial charge is 0.336 e. The van der Waals surface area contributed by atoms with Crippen molar-refractivity contribution < 1.29 is 19.1 Å². The minimum absolute atomic E-state index is 0.0981. The first-order valence-electron chi connectivity index (χ1n) is 10.3. The highest BCUT2D eigenvalue weighted by Crippen LogP contribution is 2.45. The van der Waals surface area contributed by atoms with E-state index in [1.54, 1.807) is 6.92 Å². The molecular formula is C23H29NO4. The summed E-state index contributed by atoms with van der Waals surface area (Å²) in [7, 11) is 0. The maximum atomic E-state index is 13.0. The number of carbonyl (C=O) groups excluding carboxylic acids is 2. The van der Waals surface area contributed by atoms with Crippen LogP contribution in [0.2, 0.25) is 0 Å². The molecule has 0 aromatic heterocycles. The lowest BCUT2D eigenvalue weighted by atomic mass is 9.74. The number of carbonyl (C=O) groups is 2. The fraction of sp³-hybridized carbons (Fsp3) is 0.478. The predicted octanol–water partition coefficient (Wildman–Crippen LogP) is 4.40. The number of ether oxygens (including phenoxy) is 2. The second kappa shape index (κ2) is 9.09. The zero-order valence-electron chi connectivity index (χ0n) is 17.0. The summed E-state index contributed by atoms with van der Waals surface area (Å²) < 4.78 is 11.4. The van der Waals surface area contributed by atoms with Crippen LogP contribution in [-0.4, -0.2) is 25.0 Å². The summed E-state index contributed by atoms with van der Waals surface area (Å²) >= 11 is 0. The van der Waals surface area contributed by atoms with Crippen LogP contribution < -0.4 is 10.1 Å². The standard InChI is InChI=1S/C23H29NO4/c1-4-14-28-19-13-8-7-10-15(19)20-21-17(11-9-12-18(21)25)24-16(5-2)22(20)23(26)27-6-3/h7-8,10,13,20,24H,4-6,9,11-12,14H2,1-3H3/t20-/m1/s1. The molecule has 0 radical (unpaired) electrons. The number of Topliss-reactive ketones (excluding diaryl/α,β-unsaturated/α-hetero) is 1. The number of hydrogen-bond donors (Lipinski definition) is 1. The number of para-hydroxylation sites is 1. The van der Waals surface area contributed by atoms with Crippen LogP contribution in [0.5, 0.6) is 5.75 Å². The normalized spacial score (nSPS) is 19.2. The molecule has 0 saturated heterocycles. The van der Waals surface area contributed by atoms with E-state index < -0.39 is 5.92 Å². The molecule has 1 aromatic rings. The summed E-state index contributed by atoms with van der Waals surface area (Å²) in [4.78, 5) is 25.9. The minimum Gasteiger partial charge on any atom is -0.493 e. The lowest BCUT2D eigenvalue weighted by molar-refractivity contribution is -0.138.